The molecule has 0 aliphatic carbocycles. The number of nitrogens with zero attached hydrogens (tertiary/aromatic N) is 2. The lowest BCUT2D eigenvalue weighted by atomic mass is 9.86. The maximum Gasteiger partial charge on any atom is 0.300 e. The fourth-order valence-electron chi connectivity index (χ4n) is 3.30. The van der Waals surface area contributed by atoms with E-state index in [0.29, 0.717) is 34.8 Å². The summed E-state index contributed by atoms with van der Waals surface area (Å²) in [6.45, 7) is 8.22. The predicted octanol–water partition coefficient (Wildman–Crippen LogP) is 6.40. The summed E-state index contributed by atoms with van der Waals surface area (Å²) in [5, 5.41) is 6.01. The number of benzene rings is 2. The first-order valence-electron chi connectivity index (χ1n) is 10.5. The first-order valence-corrected chi connectivity index (χ1v) is 10.5. The molecule has 32 heavy (non-hydrogen) atoms. The van der Waals surface area contributed by atoms with Crippen LogP contribution in [0.2, 0.25) is 0 Å². The lowest BCUT2D eigenvalue weighted by Crippen LogP contribution is -2.12. The minimum Gasteiger partial charge on any atom is -0.437 e. The van der Waals surface area contributed by atoms with Crippen molar-refractivity contribution in [2.75, 3.05) is 10.6 Å². The Hall–Kier alpha value is -3.87. The van der Waals surface area contributed by atoms with Gasteiger partial charge in [0.05, 0.1) is 5.69 Å². The molecule has 2 aromatic carbocycles. The first-order chi connectivity index (χ1) is 15.3. The van der Waals surface area contributed by atoms with Gasteiger partial charge in [-0.2, -0.15) is 4.98 Å². The molecule has 2 heterocycles. The molecule has 0 saturated heterocycles. The zero-order valence-electron chi connectivity index (χ0n) is 18.6. The molecule has 4 aromatic rings. The summed E-state index contributed by atoms with van der Waals surface area (Å²) >= 11 is 0. The van der Waals surface area contributed by atoms with E-state index < -0.39 is 0 Å². The van der Waals surface area contributed by atoms with Gasteiger partial charge in [-0.3, -0.25) is 4.79 Å². The molecule has 0 atom stereocenters. The number of para-hydroxylation sites is 2. The highest BCUT2D eigenvalue weighted by atomic mass is 16.5. The highest BCUT2D eigenvalue weighted by Gasteiger charge is 2.20. The average molecular weight is 431 g/mol. The van der Waals surface area contributed by atoms with Crippen LogP contribution in [-0.4, -0.2) is 15.9 Å². The molecule has 2 N–H and O–H groups in total. The van der Waals surface area contributed by atoms with Gasteiger partial charge in [0.15, 0.2) is 5.58 Å². The fraction of sp³-hybridized carbons (Fsp3) is 0.240. The van der Waals surface area contributed by atoms with Crippen molar-refractivity contribution >= 4 is 34.4 Å². The van der Waals surface area contributed by atoms with E-state index >= 15 is 0 Å². The van der Waals surface area contributed by atoms with Gasteiger partial charge in [0.1, 0.15) is 17.0 Å². The molecule has 0 radical (unpaired) electrons. The average Bonchev–Trinajstić information content (AvgIpc) is 3.18. The number of hydrogen-bond donors (Lipinski definition) is 2. The van der Waals surface area contributed by atoms with Crippen LogP contribution in [-0.2, 0) is 10.2 Å². The smallest absolute Gasteiger partial charge is 0.300 e. The Balaban J connectivity index is 1.64. The van der Waals surface area contributed by atoms with Gasteiger partial charge in [-0.1, -0.05) is 52.0 Å². The second-order valence-electron chi connectivity index (χ2n) is 8.40. The quantitative estimate of drug-likeness (QED) is 0.368. The van der Waals surface area contributed by atoms with E-state index in [4.69, 9.17) is 9.15 Å². The lowest BCUT2D eigenvalue weighted by Gasteiger charge is -2.22. The first kappa shape index (κ1) is 21.4. The number of ether oxygens (including phenoxy) is 1. The van der Waals surface area contributed by atoms with Gasteiger partial charge in [-0.15, -0.1) is 0 Å². The van der Waals surface area contributed by atoms with Crippen molar-refractivity contribution in [3.05, 3.63) is 66.4 Å². The minimum atomic E-state index is -0.0875. The Bertz CT molecular complexity index is 1260. The molecule has 0 unspecified atom stereocenters. The topological polar surface area (TPSA) is 89.3 Å². The third-order valence-corrected chi connectivity index (χ3v) is 4.93. The van der Waals surface area contributed by atoms with Crippen LogP contribution in [0.3, 0.4) is 0 Å². The van der Waals surface area contributed by atoms with Gasteiger partial charge in [-0.05, 0) is 35.7 Å². The normalized spacial score (nSPS) is 11.4. The molecule has 2 aromatic heterocycles. The maximum absolute atomic E-state index is 11.8. The monoisotopic (exact) mass is 430 g/mol. The summed E-state index contributed by atoms with van der Waals surface area (Å²) < 4.78 is 12.1. The molecule has 1 amide bonds. The highest BCUT2D eigenvalue weighted by molar-refractivity contribution is 5.99. The number of hydrogen-bond acceptors (Lipinski definition) is 6. The van der Waals surface area contributed by atoms with Crippen LogP contribution < -0.4 is 15.4 Å². The minimum absolute atomic E-state index is 0.0847. The van der Waals surface area contributed by atoms with Gasteiger partial charge in [0.25, 0.3) is 6.01 Å². The largest absolute Gasteiger partial charge is 0.437 e. The van der Waals surface area contributed by atoms with E-state index in [-0.39, 0.29) is 17.3 Å². The Morgan fingerprint density at radius 3 is 2.59 bits per heavy atom. The van der Waals surface area contributed by atoms with Gasteiger partial charge >= 0.3 is 0 Å². The molecule has 0 aliphatic rings. The lowest BCUT2D eigenvalue weighted by molar-refractivity contribution is -0.115. The maximum atomic E-state index is 11.8. The molecule has 7 nitrogen and oxygen atoms in total. The van der Waals surface area contributed by atoms with Gasteiger partial charge in [0.2, 0.25) is 11.8 Å². The Morgan fingerprint density at radius 2 is 1.81 bits per heavy atom. The number of rotatable bonds is 6. The van der Waals surface area contributed by atoms with Crippen molar-refractivity contribution in [1.29, 1.82) is 0 Å². The third-order valence-electron chi connectivity index (χ3n) is 4.93. The van der Waals surface area contributed by atoms with Crippen molar-refractivity contribution in [1.82, 2.24) is 9.97 Å². The van der Waals surface area contributed by atoms with Gasteiger partial charge < -0.3 is 19.8 Å². The van der Waals surface area contributed by atoms with E-state index in [2.05, 4.69) is 47.4 Å². The van der Waals surface area contributed by atoms with E-state index in [9.17, 15) is 4.79 Å². The number of amides is 1. The van der Waals surface area contributed by atoms with Crippen molar-refractivity contribution < 1.29 is 13.9 Å². The van der Waals surface area contributed by atoms with E-state index in [0.717, 1.165) is 11.3 Å². The number of carbonyl (C=O) groups is 1. The molecule has 4 rings (SSSR count). The van der Waals surface area contributed by atoms with Crippen molar-refractivity contribution in [3.8, 4) is 11.6 Å². The Morgan fingerprint density at radius 1 is 1.03 bits per heavy atom. The van der Waals surface area contributed by atoms with Gasteiger partial charge in [-0.25, -0.2) is 4.98 Å². The molecule has 0 spiro atoms. The number of oxazole rings is 1. The summed E-state index contributed by atoms with van der Waals surface area (Å²) in [6.07, 6.45) is 2.05. The summed E-state index contributed by atoms with van der Waals surface area (Å²) in [5.41, 5.74) is 3.34. The number of carbonyl (C=O) groups excluding carboxylic acids is 1. The van der Waals surface area contributed by atoms with Crippen LogP contribution >= 0.6 is 0 Å². The number of fused-ring (bicyclic) bond motifs is 1. The van der Waals surface area contributed by atoms with E-state index in [1.54, 1.807) is 31.3 Å². The van der Waals surface area contributed by atoms with Crippen LogP contribution in [0.1, 0.15) is 39.7 Å². The molecule has 0 bridgehead atoms. The van der Waals surface area contributed by atoms with Crippen LogP contribution in [0.5, 0.6) is 11.6 Å². The molecule has 7 heteroatoms. The van der Waals surface area contributed by atoms with Crippen LogP contribution in [0.15, 0.2) is 65.2 Å². The summed E-state index contributed by atoms with van der Waals surface area (Å²) in [4.78, 5) is 20.8. The molecule has 0 aliphatic heterocycles. The Kier molecular flexibility index (Phi) is 5.81. The third kappa shape index (κ3) is 4.56. The van der Waals surface area contributed by atoms with E-state index in [1.807, 2.05) is 30.3 Å². The number of nitrogens with one attached hydrogen (secondary N) is 2. The summed E-state index contributed by atoms with van der Waals surface area (Å²) in [5.74, 6) is 1.06. The van der Waals surface area contributed by atoms with Crippen LogP contribution in [0, 0.1) is 0 Å². The molecule has 0 fully saturated rings. The number of pyridine rings is 1. The predicted molar refractivity (Wildman–Crippen MR) is 126 cm³/mol. The van der Waals surface area contributed by atoms with Crippen LogP contribution in [0.25, 0.3) is 11.1 Å². The highest BCUT2D eigenvalue weighted by Crippen LogP contribution is 2.36. The molecule has 164 valence electrons. The van der Waals surface area contributed by atoms with Crippen molar-refractivity contribution in [2.24, 2.45) is 0 Å². The molecule has 0 saturated carbocycles. The van der Waals surface area contributed by atoms with Crippen molar-refractivity contribution in [3.63, 3.8) is 0 Å². The zero-order valence-corrected chi connectivity index (χ0v) is 18.6. The van der Waals surface area contributed by atoms with E-state index in [1.165, 1.54) is 0 Å². The van der Waals surface area contributed by atoms with Crippen LogP contribution in [0.4, 0.5) is 17.4 Å². The number of aromatic nitrogens is 2. The fourth-order valence-corrected chi connectivity index (χ4v) is 3.30. The van der Waals surface area contributed by atoms with Gasteiger partial charge in [0, 0.05) is 18.2 Å². The Labute approximate surface area is 186 Å². The second kappa shape index (κ2) is 8.70. The molecular formula is C25H26N4O3. The summed E-state index contributed by atoms with van der Waals surface area (Å²) in [7, 11) is 0. The standard InChI is InChI=1S/C25H26N4O3/c1-5-21(30)27-17-11-8-14-20-22(17)29-24(32-20)28-18-12-9-15-26-23(18)31-19-13-7-6-10-16(19)25(2,3)4/h6-15H,5H2,1-4H3,(H,27,30)(H,28,29). The number of anilines is 3. The SMILES string of the molecule is CCC(=O)Nc1cccc2oc(Nc3cccnc3Oc3ccccc3C(C)(C)C)nc12. The zero-order chi connectivity index (χ0) is 22.7. The van der Waals surface area contributed by atoms with Crippen molar-refractivity contribution in [2.45, 2.75) is 39.5 Å². The molecular weight excluding hydrogens is 404 g/mol. The second-order valence-corrected chi connectivity index (χ2v) is 8.40. The summed E-state index contributed by atoms with van der Waals surface area (Å²) in [6, 6.07) is 17.3.